The quantitative estimate of drug-likeness (QED) is 0.604. The van der Waals surface area contributed by atoms with E-state index in [4.69, 9.17) is 8.94 Å². The van der Waals surface area contributed by atoms with Crippen molar-refractivity contribution in [3.05, 3.63) is 64.0 Å². The summed E-state index contributed by atoms with van der Waals surface area (Å²) in [4.78, 5) is 20.5. The second-order valence-corrected chi connectivity index (χ2v) is 5.62. The molecule has 1 aromatic carbocycles. The van der Waals surface area contributed by atoms with Crippen molar-refractivity contribution in [3.8, 4) is 22.8 Å². The molecule has 7 nitrogen and oxygen atoms in total. The van der Waals surface area contributed by atoms with Crippen molar-refractivity contribution in [2.75, 3.05) is 0 Å². The number of hydrogen-bond acceptors (Lipinski definition) is 7. The number of halogens is 1. The molecule has 0 spiro atoms. The Morgan fingerprint density at radius 3 is 2.81 bits per heavy atom. The molecule has 0 atom stereocenters. The smallest absolute Gasteiger partial charge is 0.349 e. The Labute approximate surface area is 145 Å². The lowest BCUT2D eigenvalue weighted by atomic mass is 10.1. The number of nitrogens with zero attached hydrogens (tertiary/aromatic N) is 3. The minimum Gasteiger partial charge on any atom is -0.420 e. The molecule has 26 heavy (non-hydrogen) atoms. The van der Waals surface area contributed by atoms with Crippen LogP contribution in [0.15, 0.2) is 50.3 Å². The summed E-state index contributed by atoms with van der Waals surface area (Å²) >= 11 is 0. The highest BCUT2D eigenvalue weighted by molar-refractivity contribution is 5.84. The summed E-state index contributed by atoms with van der Waals surface area (Å²) in [6.07, 6.45) is 1.50. The first kappa shape index (κ1) is 16.1. The van der Waals surface area contributed by atoms with E-state index in [0.717, 1.165) is 0 Å². The van der Waals surface area contributed by atoms with Gasteiger partial charge < -0.3 is 14.0 Å². The van der Waals surface area contributed by atoms with Crippen LogP contribution in [-0.4, -0.2) is 20.2 Å². The molecule has 8 heteroatoms. The molecule has 0 bridgehead atoms. The van der Waals surface area contributed by atoms with E-state index in [1.807, 2.05) is 0 Å². The Kier molecular flexibility index (Phi) is 3.81. The predicted molar refractivity (Wildman–Crippen MR) is 89.6 cm³/mol. The number of aliphatic hydroxyl groups is 1. The third-order valence-corrected chi connectivity index (χ3v) is 3.98. The van der Waals surface area contributed by atoms with Gasteiger partial charge in [0.2, 0.25) is 5.82 Å². The van der Waals surface area contributed by atoms with Crippen LogP contribution in [0.4, 0.5) is 4.39 Å². The van der Waals surface area contributed by atoms with Crippen molar-refractivity contribution in [1.29, 1.82) is 0 Å². The lowest BCUT2D eigenvalue weighted by Gasteiger charge is -2.05. The number of pyridine rings is 1. The predicted octanol–water partition coefficient (Wildman–Crippen LogP) is 2.84. The summed E-state index contributed by atoms with van der Waals surface area (Å²) < 4.78 is 24.3. The molecule has 4 aromatic rings. The van der Waals surface area contributed by atoms with E-state index in [0.29, 0.717) is 16.6 Å². The van der Waals surface area contributed by atoms with Crippen LogP contribution in [0.1, 0.15) is 11.3 Å². The molecule has 0 saturated carbocycles. The number of aryl methyl sites for hydroxylation is 1. The summed E-state index contributed by atoms with van der Waals surface area (Å²) in [6, 6.07) is 7.47. The molecule has 0 aliphatic carbocycles. The van der Waals surface area contributed by atoms with Gasteiger partial charge in [-0.1, -0.05) is 17.3 Å². The Morgan fingerprint density at radius 1 is 1.23 bits per heavy atom. The van der Waals surface area contributed by atoms with E-state index in [1.54, 1.807) is 19.1 Å². The van der Waals surface area contributed by atoms with Crippen LogP contribution < -0.4 is 5.63 Å². The van der Waals surface area contributed by atoms with Gasteiger partial charge in [-0.15, -0.1) is 0 Å². The summed E-state index contributed by atoms with van der Waals surface area (Å²) in [7, 11) is 0. The number of fused-ring (bicyclic) bond motifs is 1. The van der Waals surface area contributed by atoms with Gasteiger partial charge in [-0.2, -0.15) is 4.98 Å². The van der Waals surface area contributed by atoms with Crippen LogP contribution in [0.3, 0.4) is 0 Å². The minimum absolute atomic E-state index is 0.0193. The summed E-state index contributed by atoms with van der Waals surface area (Å²) in [5, 5.41) is 13.7. The maximum Gasteiger partial charge on any atom is 0.349 e. The molecule has 3 heterocycles. The molecule has 130 valence electrons. The zero-order valence-corrected chi connectivity index (χ0v) is 13.6. The van der Waals surface area contributed by atoms with Crippen LogP contribution >= 0.6 is 0 Å². The van der Waals surface area contributed by atoms with Crippen LogP contribution in [0.25, 0.3) is 33.8 Å². The van der Waals surface area contributed by atoms with E-state index in [9.17, 15) is 14.3 Å². The molecule has 0 aliphatic rings. The molecule has 0 saturated heterocycles. The van der Waals surface area contributed by atoms with Crippen LogP contribution in [0.2, 0.25) is 0 Å². The normalized spacial score (nSPS) is 11.2. The van der Waals surface area contributed by atoms with Gasteiger partial charge in [-0.05, 0) is 25.1 Å². The standard InChI is InChI=1S/C18H12FN3O4/c1-9-15-12(10(8-23)7-20-9)6-13(18(24)25-15)17-21-16(22-26-17)11-4-2-3-5-14(11)19/h2-7,23H,8H2,1H3. The van der Waals surface area contributed by atoms with E-state index in [1.165, 1.54) is 24.4 Å². The fourth-order valence-corrected chi connectivity index (χ4v) is 2.64. The highest BCUT2D eigenvalue weighted by atomic mass is 19.1. The molecule has 3 aromatic heterocycles. The van der Waals surface area contributed by atoms with Crippen molar-refractivity contribution in [3.63, 3.8) is 0 Å². The van der Waals surface area contributed by atoms with Gasteiger partial charge in [-0.3, -0.25) is 4.98 Å². The Balaban J connectivity index is 1.89. The maximum atomic E-state index is 13.9. The van der Waals surface area contributed by atoms with Crippen molar-refractivity contribution in [2.45, 2.75) is 13.5 Å². The second-order valence-electron chi connectivity index (χ2n) is 5.62. The third-order valence-electron chi connectivity index (χ3n) is 3.98. The van der Waals surface area contributed by atoms with Gasteiger partial charge in [0.25, 0.3) is 5.89 Å². The molecule has 0 unspecified atom stereocenters. The van der Waals surface area contributed by atoms with Gasteiger partial charge in [0.1, 0.15) is 11.4 Å². The number of hydrogen-bond donors (Lipinski definition) is 1. The average molecular weight is 353 g/mol. The maximum absolute atomic E-state index is 13.9. The molecule has 1 N–H and O–H groups in total. The van der Waals surface area contributed by atoms with Crippen LogP contribution in [-0.2, 0) is 6.61 Å². The first-order valence-electron chi connectivity index (χ1n) is 7.70. The fraction of sp³-hybridized carbons (Fsp3) is 0.111. The number of benzene rings is 1. The largest absolute Gasteiger partial charge is 0.420 e. The molecule has 4 rings (SSSR count). The SMILES string of the molecule is Cc1ncc(CO)c2cc(-c3nc(-c4ccccc4F)no3)c(=O)oc12. The third kappa shape index (κ3) is 2.56. The Bertz CT molecular complexity index is 1180. The fourth-order valence-electron chi connectivity index (χ4n) is 2.64. The molecular formula is C18H12FN3O4. The Hall–Kier alpha value is -3.39. The zero-order chi connectivity index (χ0) is 18.3. The monoisotopic (exact) mass is 353 g/mol. The molecule has 0 radical (unpaired) electrons. The van der Waals surface area contributed by atoms with E-state index in [-0.39, 0.29) is 35.0 Å². The van der Waals surface area contributed by atoms with Crippen LogP contribution in [0.5, 0.6) is 0 Å². The van der Waals surface area contributed by atoms with E-state index in [2.05, 4.69) is 15.1 Å². The molecule has 0 amide bonds. The highest BCUT2D eigenvalue weighted by Crippen LogP contribution is 2.26. The van der Waals surface area contributed by atoms with Gasteiger partial charge in [-0.25, -0.2) is 9.18 Å². The van der Waals surface area contributed by atoms with E-state index < -0.39 is 11.4 Å². The van der Waals surface area contributed by atoms with Gasteiger partial charge in [0.05, 0.1) is 17.9 Å². The molecule has 0 fully saturated rings. The average Bonchev–Trinajstić information content (AvgIpc) is 3.12. The van der Waals surface area contributed by atoms with Crippen molar-refractivity contribution in [1.82, 2.24) is 15.1 Å². The summed E-state index contributed by atoms with van der Waals surface area (Å²) in [5.41, 5.74) is 0.764. The number of rotatable bonds is 3. The van der Waals surface area contributed by atoms with Crippen molar-refractivity contribution >= 4 is 11.0 Å². The van der Waals surface area contributed by atoms with Gasteiger partial charge in [0, 0.05) is 17.1 Å². The van der Waals surface area contributed by atoms with Gasteiger partial charge >= 0.3 is 5.63 Å². The van der Waals surface area contributed by atoms with Crippen molar-refractivity contribution in [2.24, 2.45) is 0 Å². The van der Waals surface area contributed by atoms with Crippen LogP contribution in [0, 0.1) is 12.7 Å². The first-order valence-corrected chi connectivity index (χ1v) is 7.70. The Morgan fingerprint density at radius 2 is 2.04 bits per heavy atom. The van der Waals surface area contributed by atoms with Crippen molar-refractivity contribution < 1.29 is 18.4 Å². The second kappa shape index (κ2) is 6.16. The van der Waals surface area contributed by atoms with Gasteiger partial charge in [0.15, 0.2) is 5.58 Å². The minimum atomic E-state index is -0.693. The molecule has 0 aliphatic heterocycles. The first-order chi connectivity index (χ1) is 12.6. The lowest BCUT2D eigenvalue weighted by molar-refractivity contribution is 0.282. The van der Waals surface area contributed by atoms with E-state index >= 15 is 0 Å². The number of aromatic nitrogens is 3. The molecular weight excluding hydrogens is 341 g/mol. The highest BCUT2D eigenvalue weighted by Gasteiger charge is 2.19. The zero-order valence-electron chi connectivity index (χ0n) is 13.6. The summed E-state index contributed by atoms with van der Waals surface area (Å²) in [6.45, 7) is 1.41. The number of aliphatic hydroxyl groups excluding tert-OH is 1. The summed E-state index contributed by atoms with van der Waals surface area (Å²) in [5.74, 6) is -0.585. The topological polar surface area (TPSA) is 102 Å². The lowest BCUT2D eigenvalue weighted by Crippen LogP contribution is -2.05.